The molecule has 3 heteroatoms. The van der Waals surface area contributed by atoms with Gasteiger partial charge in [-0.2, -0.15) is 0 Å². The van der Waals surface area contributed by atoms with Crippen LogP contribution in [0.4, 0.5) is 0 Å². The number of benzene rings is 1. The molecule has 0 heterocycles. The largest absolute Gasteiger partial charge is 0.329 e. The second-order valence-electron chi connectivity index (χ2n) is 4.89. The quantitative estimate of drug-likeness (QED) is 0.622. The molecule has 0 unspecified atom stereocenters. The molecule has 0 aliphatic heterocycles. The molecule has 18 heavy (non-hydrogen) atoms. The van der Waals surface area contributed by atoms with Crippen LogP contribution in [0.25, 0.3) is 0 Å². The molecule has 0 fully saturated rings. The standard InChI is InChI=1S/C15H27N3/c1-3-9-17-13(2)12-18-15(11-16)10-14-7-5-4-6-8-14/h4-8,13,15,17-18H,3,9-12,16H2,1-2H3/t13-,15+/m1/s1. The molecule has 0 spiro atoms. The summed E-state index contributed by atoms with van der Waals surface area (Å²) in [5.74, 6) is 0. The van der Waals surface area contributed by atoms with Gasteiger partial charge in [-0.15, -0.1) is 0 Å². The van der Waals surface area contributed by atoms with E-state index in [1.165, 1.54) is 12.0 Å². The van der Waals surface area contributed by atoms with Crippen molar-refractivity contribution in [2.24, 2.45) is 5.73 Å². The average Bonchev–Trinajstić information content (AvgIpc) is 2.42. The Kier molecular flexibility index (Phi) is 7.65. The Bertz CT molecular complexity index is 300. The third-order valence-corrected chi connectivity index (χ3v) is 3.06. The molecule has 4 N–H and O–H groups in total. The highest BCUT2D eigenvalue weighted by molar-refractivity contribution is 5.15. The Morgan fingerprint density at radius 3 is 2.50 bits per heavy atom. The van der Waals surface area contributed by atoms with Crippen molar-refractivity contribution in [2.45, 2.75) is 38.8 Å². The third-order valence-electron chi connectivity index (χ3n) is 3.06. The highest BCUT2D eigenvalue weighted by Gasteiger charge is 2.08. The van der Waals surface area contributed by atoms with Gasteiger partial charge in [0.1, 0.15) is 0 Å². The first-order valence-corrected chi connectivity index (χ1v) is 6.97. The molecule has 3 nitrogen and oxygen atoms in total. The molecule has 0 aliphatic rings. The minimum atomic E-state index is 0.360. The van der Waals surface area contributed by atoms with Crippen molar-refractivity contribution in [2.75, 3.05) is 19.6 Å². The summed E-state index contributed by atoms with van der Waals surface area (Å²) < 4.78 is 0. The minimum Gasteiger partial charge on any atom is -0.329 e. The molecule has 1 aromatic carbocycles. The SMILES string of the molecule is CCCN[C@H](C)CN[C@H](CN)Cc1ccccc1. The molecule has 0 saturated heterocycles. The first-order chi connectivity index (χ1) is 8.76. The molecule has 0 saturated carbocycles. The van der Waals surface area contributed by atoms with E-state index in [0.29, 0.717) is 18.6 Å². The summed E-state index contributed by atoms with van der Waals surface area (Å²) in [7, 11) is 0. The van der Waals surface area contributed by atoms with Crippen molar-refractivity contribution in [3.05, 3.63) is 35.9 Å². The van der Waals surface area contributed by atoms with E-state index in [0.717, 1.165) is 19.5 Å². The lowest BCUT2D eigenvalue weighted by atomic mass is 10.1. The van der Waals surface area contributed by atoms with Crippen LogP contribution in [0.3, 0.4) is 0 Å². The predicted molar refractivity (Wildman–Crippen MR) is 78.7 cm³/mol. The van der Waals surface area contributed by atoms with Crippen LogP contribution in [0.15, 0.2) is 30.3 Å². The lowest BCUT2D eigenvalue weighted by Crippen LogP contribution is -2.45. The minimum absolute atomic E-state index is 0.360. The van der Waals surface area contributed by atoms with E-state index in [2.05, 4.69) is 48.7 Å². The smallest absolute Gasteiger partial charge is 0.0231 e. The van der Waals surface area contributed by atoms with Crippen molar-refractivity contribution in [3.8, 4) is 0 Å². The molecule has 1 aromatic rings. The zero-order valence-electron chi connectivity index (χ0n) is 11.7. The van der Waals surface area contributed by atoms with Crippen molar-refractivity contribution in [1.29, 1.82) is 0 Å². The highest BCUT2D eigenvalue weighted by atomic mass is 15.0. The zero-order valence-corrected chi connectivity index (χ0v) is 11.7. The van der Waals surface area contributed by atoms with Gasteiger partial charge < -0.3 is 16.4 Å². The molecule has 0 radical (unpaired) electrons. The fourth-order valence-corrected chi connectivity index (χ4v) is 1.94. The van der Waals surface area contributed by atoms with Gasteiger partial charge >= 0.3 is 0 Å². The van der Waals surface area contributed by atoms with Gasteiger partial charge in [-0.25, -0.2) is 0 Å². The monoisotopic (exact) mass is 249 g/mol. The van der Waals surface area contributed by atoms with Gasteiger partial charge in [0.25, 0.3) is 0 Å². The van der Waals surface area contributed by atoms with E-state index in [9.17, 15) is 0 Å². The predicted octanol–water partition coefficient (Wildman–Crippen LogP) is 1.53. The van der Waals surface area contributed by atoms with Gasteiger partial charge in [-0.05, 0) is 31.9 Å². The average molecular weight is 249 g/mol. The maximum atomic E-state index is 5.82. The first-order valence-electron chi connectivity index (χ1n) is 6.97. The van der Waals surface area contributed by atoms with Gasteiger partial charge in [0, 0.05) is 25.2 Å². The molecule has 2 atom stereocenters. The highest BCUT2D eigenvalue weighted by Crippen LogP contribution is 2.02. The normalized spacial score (nSPS) is 14.4. The topological polar surface area (TPSA) is 50.1 Å². The second-order valence-corrected chi connectivity index (χ2v) is 4.89. The maximum absolute atomic E-state index is 5.82. The van der Waals surface area contributed by atoms with E-state index < -0.39 is 0 Å². The zero-order chi connectivity index (χ0) is 13.2. The summed E-state index contributed by atoms with van der Waals surface area (Å²) in [5, 5.41) is 7.01. The second kappa shape index (κ2) is 9.09. The van der Waals surface area contributed by atoms with Crippen LogP contribution in [0.5, 0.6) is 0 Å². The Hall–Kier alpha value is -0.900. The van der Waals surface area contributed by atoms with E-state index in [1.807, 2.05) is 6.07 Å². The summed E-state index contributed by atoms with van der Waals surface area (Å²) in [4.78, 5) is 0. The molecule has 0 aromatic heterocycles. The third kappa shape index (κ3) is 6.15. The fraction of sp³-hybridized carbons (Fsp3) is 0.600. The number of hydrogen-bond donors (Lipinski definition) is 3. The van der Waals surface area contributed by atoms with Crippen LogP contribution in [-0.2, 0) is 6.42 Å². The van der Waals surface area contributed by atoms with Crippen LogP contribution < -0.4 is 16.4 Å². The Morgan fingerprint density at radius 2 is 1.89 bits per heavy atom. The van der Waals surface area contributed by atoms with Crippen LogP contribution in [-0.4, -0.2) is 31.7 Å². The fourth-order valence-electron chi connectivity index (χ4n) is 1.94. The molecular formula is C15H27N3. The van der Waals surface area contributed by atoms with Gasteiger partial charge in [0.05, 0.1) is 0 Å². The van der Waals surface area contributed by atoms with E-state index in [-0.39, 0.29) is 0 Å². The molecule has 0 bridgehead atoms. The van der Waals surface area contributed by atoms with Gasteiger partial charge in [-0.1, -0.05) is 37.3 Å². The van der Waals surface area contributed by atoms with E-state index >= 15 is 0 Å². The van der Waals surface area contributed by atoms with E-state index in [1.54, 1.807) is 0 Å². The van der Waals surface area contributed by atoms with Crippen molar-refractivity contribution < 1.29 is 0 Å². The van der Waals surface area contributed by atoms with Crippen LogP contribution in [0, 0.1) is 0 Å². The lowest BCUT2D eigenvalue weighted by molar-refractivity contribution is 0.447. The summed E-state index contributed by atoms with van der Waals surface area (Å²) >= 11 is 0. The van der Waals surface area contributed by atoms with Crippen molar-refractivity contribution in [3.63, 3.8) is 0 Å². The number of nitrogens with one attached hydrogen (secondary N) is 2. The lowest BCUT2D eigenvalue weighted by Gasteiger charge is -2.20. The molecule has 0 amide bonds. The molecule has 0 aliphatic carbocycles. The number of nitrogens with two attached hydrogens (primary N) is 1. The Labute approximate surface area is 111 Å². The Balaban J connectivity index is 2.29. The van der Waals surface area contributed by atoms with Gasteiger partial charge in [-0.3, -0.25) is 0 Å². The molecule has 1 rings (SSSR count). The molecular weight excluding hydrogens is 222 g/mol. The Morgan fingerprint density at radius 1 is 1.17 bits per heavy atom. The van der Waals surface area contributed by atoms with Crippen molar-refractivity contribution >= 4 is 0 Å². The van der Waals surface area contributed by atoms with Crippen molar-refractivity contribution in [1.82, 2.24) is 10.6 Å². The maximum Gasteiger partial charge on any atom is 0.0231 e. The van der Waals surface area contributed by atoms with E-state index in [4.69, 9.17) is 5.73 Å². The first kappa shape index (κ1) is 15.2. The molecule has 102 valence electrons. The summed E-state index contributed by atoms with van der Waals surface area (Å²) in [6.45, 7) is 7.11. The van der Waals surface area contributed by atoms with Crippen LogP contribution in [0.2, 0.25) is 0 Å². The summed E-state index contributed by atoms with van der Waals surface area (Å²) in [5.41, 5.74) is 7.17. The summed E-state index contributed by atoms with van der Waals surface area (Å²) in [6, 6.07) is 11.4. The van der Waals surface area contributed by atoms with Gasteiger partial charge in [0.15, 0.2) is 0 Å². The summed E-state index contributed by atoms with van der Waals surface area (Å²) in [6.07, 6.45) is 2.17. The van der Waals surface area contributed by atoms with Crippen LogP contribution in [0.1, 0.15) is 25.8 Å². The number of rotatable bonds is 9. The number of hydrogen-bond acceptors (Lipinski definition) is 3. The van der Waals surface area contributed by atoms with Crippen LogP contribution >= 0.6 is 0 Å². The van der Waals surface area contributed by atoms with Gasteiger partial charge in [0.2, 0.25) is 0 Å².